The Morgan fingerprint density at radius 3 is 2.60 bits per heavy atom. The van der Waals surface area contributed by atoms with Gasteiger partial charge in [0.05, 0.1) is 0 Å². The number of hydrogen-bond donors (Lipinski definition) is 1. The van der Waals surface area contributed by atoms with Crippen LogP contribution in [0.5, 0.6) is 5.75 Å². The summed E-state index contributed by atoms with van der Waals surface area (Å²) in [5.41, 5.74) is 2.57. The van der Waals surface area contributed by atoms with Gasteiger partial charge in [-0.3, -0.25) is 4.90 Å². The maximum absolute atomic E-state index is 10.1. The molecule has 3 nitrogen and oxygen atoms in total. The fourth-order valence-corrected chi connectivity index (χ4v) is 4.62. The number of aromatic hydroxyl groups is 1. The third-order valence-corrected chi connectivity index (χ3v) is 5.65. The molecule has 3 heteroatoms. The second kappa shape index (κ2) is 4.74. The first-order chi connectivity index (χ1) is 9.70. The van der Waals surface area contributed by atoms with Crippen molar-refractivity contribution in [2.45, 2.75) is 25.3 Å². The molecule has 0 spiro atoms. The Bertz CT molecular complexity index is 502. The van der Waals surface area contributed by atoms with E-state index < -0.39 is 0 Å². The van der Waals surface area contributed by atoms with Gasteiger partial charge in [-0.05, 0) is 55.3 Å². The molecule has 1 aliphatic carbocycles. The van der Waals surface area contributed by atoms with Crippen LogP contribution in [0.1, 0.15) is 17.5 Å². The van der Waals surface area contributed by atoms with Gasteiger partial charge in [-0.25, -0.2) is 0 Å². The van der Waals surface area contributed by atoms with Crippen LogP contribution in [-0.2, 0) is 12.8 Å². The van der Waals surface area contributed by atoms with Crippen LogP contribution >= 0.6 is 0 Å². The molecule has 1 unspecified atom stereocenters. The molecule has 0 aromatic heterocycles. The predicted octanol–water partition coefficient (Wildman–Crippen LogP) is 1.74. The lowest BCUT2D eigenvalue weighted by Crippen LogP contribution is -2.39. The van der Waals surface area contributed by atoms with Gasteiger partial charge >= 0.3 is 0 Å². The molecule has 2 heterocycles. The molecule has 1 N–H and O–H groups in total. The molecular formula is C17H24N2O. The highest BCUT2D eigenvalue weighted by atomic mass is 16.3. The summed E-state index contributed by atoms with van der Waals surface area (Å²) in [6.45, 7) is 5.08. The summed E-state index contributed by atoms with van der Waals surface area (Å²) >= 11 is 0. The second-order valence-electron chi connectivity index (χ2n) is 7.01. The van der Waals surface area contributed by atoms with E-state index in [-0.39, 0.29) is 0 Å². The maximum Gasteiger partial charge on any atom is 0.119 e. The van der Waals surface area contributed by atoms with E-state index in [1.165, 1.54) is 43.7 Å². The Morgan fingerprint density at radius 2 is 1.85 bits per heavy atom. The van der Waals surface area contributed by atoms with Crippen molar-refractivity contribution in [3.63, 3.8) is 0 Å². The highest BCUT2D eigenvalue weighted by Gasteiger charge is 2.41. The third kappa shape index (κ3) is 2.04. The number of phenols is 1. The highest BCUT2D eigenvalue weighted by molar-refractivity contribution is 5.41. The van der Waals surface area contributed by atoms with Crippen LogP contribution in [-0.4, -0.2) is 54.2 Å². The molecule has 3 atom stereocenters. The van der Waals surface area contributed by atoms with E-state index >= 15 is 0 Å². The van der Waals surface area contributed by atoms with Crippen molar-refractivity contribution in [3.8, 4) is 5.75 Å². The lowest BCUT2D eigenvalue weighted by molar-refractivity contribution is 0.193. The van der Waals surface area contributed by atoms with E-state index in [2.05, 4.69) is 22.9 Å². The highest BCUT2D eigenvalue weighted by Crippen LogP contribution is 2.36. The molecule has 1 aromatic rings. The second-order valence-corrected chi connectivity index (χ2v) is 7.01. The summed E-state index contributed by atoms with van der Waals surface area (Å²) in [6.07, 6.45) is 3.42. The Balaban J connectivity index is 1.48. The third-order valence-electron chi connectivity index (χ3n) is 5.65. The van der Waals surface area contributed by atoms with Crippen LogP contribution in [0, 0.1) is 11.8 Å². The minimum atomic E-state index is 0.506. The SMILES string of the molecule is CN1C[C@@H]2CN(C3CCc4cccc(O)c4C3)C[C@@H]2C1. The van der Waals surface area contributed by atoms with Crippen LogP contribution in [0.25, 0.3) is 0 Å². The van der Waals surface area contributed by atoms with Gasteiger partial charge < -0.3 is 10.0 Å². The number of aryl methyl sites for hydroxylation is 1. The van der Waals surface area contributed by atoms with Gasteiger partial charge in [0.15, 0.2) is 0 Å². The zero-order valence-electron chi connectivity index (χ0n) is 12.3. The van der Waals surface area contributed by atoms with Crippen molar-refractivity contribution in [1.29, 1.82) is 0 Å². The van der Waals surface area contributed by atoms with Gasteiger partial charge in [-0.1, -0.05) is 12.1 Å². The molecule has 2 fully saturated rings. The first kappa shape index (κ1) is 12.7. The monoisotopic (exact) mass is 272 g/mol. The standard InChI is InChI=1S/C17H24N2O/c1-18-8-13-10-19(11-14(13)9-18)15-6-5-12-3-2-4-17(20)16(12)7-15/h2-4,13-15,20H,5-11H2,1H3/t13-,14+,15?. The molecular weight excluding hydrogens is 248 g/mol. The van der Waals surface area contributed by atoms with Gasteiger partial charge in [0.25, 0.3) is 0 Å². The van der Waals surface area contributed by atoms with E-state index in [9.17, 15) is 5.11 Å². The molecule has 20 heavy (non-hydrogen) atoms. The van der Waals surface area contributed by atoms with Crippen LogP contribution in [0.4, 0.5) is 0 Å². The molecule has 2 aliphatic heterocycles. The fourth-order valence-electron chi connectivity index (χ4n) is 4.62. The van der Waals surface area contributed by atoms with Crippen LogP contribution in [0.15, 0.2) is 18.2 Å². The summed E-state index contributed by atoms with van der Waals surface area (Å²) < 4.78 is 0. The van der Waals surface area contributed by atoms with E-state index in [0.717, 1.165) is 24.7 Å². The summed E-state index contributed by atoms with van der Waals surface area (Å²) in [4.78, 5) is 5.19. The summed E-state index contributed by atoms with van der Waals surface area (Å²) in [7, 11) is 2.25. The number of rotatable bonds is 1. The van der Waals surface area contributed by atoms with Crippen LogP contribution in [0.2, 0.25) is 0 Å². The van der Waals surface area contributed by atoms with Gasteiger partial charge in [-0.2, -0.15) is 0 Å². The molecule has 0 radical (unpaired) electrons. The van der Waals surface area contributed by atoms with E-state index in [0.29, 0.717) is 11.8 Å². The summed E-state index contributed by atoms with van der Waals surface area (Å²) in [5, 5.41) is 10.1. The molecule has 0 amide bonds. The number of nitrogens with zero attached hydrogens (tertiary/aromatic N) is 2. The number of hydrogen-bond acceptors (Lipinski definition) is 3. The lowest BCUT2D eigenvalue weighted by atomic mass is 9.87. The Labute approximate surface area is 121 Å². The predicted molar refractivity (Wildman–Crippen MR) is 80.0 cm³/mol. The molecule has 1 aromatic carbocycles. The van der Waals surface area contributed by atoms with Gasteiger partial charge in [0.2, 0.25) is 0 Å². The average Bonchev–Trinajstić information content (AvgIpc) is 2.96. The van der Waals surface area contributed by atoms with Crippen LogP contribution in [0.3, 0.4) is 0 Å². The van der Waals surface area contributed by atoms with Gasteiger partial charge in [0, 0.05) is 32.2 Å². The minimum Gasteiger partial charge on any atom is -0.508 e. The maximum atomic E-state index is 10.1. The average molecular weight is 272 g/mol. The fraction of sp³-hybridized carbons (Fsp3) is 0.647. The number of fused-ring (bicyclic) bond motifs is 2. The van der Waals surface area contributed by atoms with Crippen molar-refractivity contribution in [2.75, 3.05) is 33.2 Å². The largest absolute Gasteiger partial charge is 0.508 e. The van der Waals surface area contributed by atoms with Crippen molar-refractivity contribution in [1.82, 2.24) is 9.80 Å². The molecule has 2 saturated heterocycles. The molecule has 4 rings (SSSR count). The van der Waals surface area contributed by atoms with Gasteiger partial charge in [-0.15, -0.1) is 0 Å². The lowest BCUT2D eigenvalue weighted by Gasteiger charge is -2.33. The summed E-state index contributed by atoms with van der Waals surface area (Å²) in [5.74, 6) is 2.27. The zero-order chi connectivity index (χ0) is 13.7. The van der Waals surface area contributed by atoms with E-state index in [1.807, 2.05) is 12.1 Å². The van der Waals surface area contributed by atoms with E-state index in [4.69, 9.17) is 0 Å². The molecule has 0 saturated carbocycles. The molecule has 108 valence electrons. The molecule has 0 bridgehead atoms. The van der Waals surface area contributed by atoms with Crippen molar-refractivity contribution in [2.24, 2.45) is 11.8 Å². The number of likely N-dealkylation sites (tertiary alicyclic amines) is 2. The quantitative estimate of drug-likeness (QED) is 0.843. The first-order valence-corrected chi connectivity index (χ1v) is 7.93. The molecule has 3 aliphatic rings. The normalized spacial score (nSPS) is 34.1. The van der Waals surface area contributed by atoms with Gasteiger partial charge in [0.1, 0.15) is 5.75 Å². The smallest absolute Gasteiger partial charge is 0.119 e. The Morgan fingerprint density at radius 1 is 1.10 bits per heavy atom. The topological polar surface area (TPSA) is 26.7 Å². The Hall–Kier alpha value is -1.06. The Kier molecular flexibility index (Phi) is 3.00. The first-order valence-electron chi connectivity index (χ1n) is 7.93. The van der Waals surface area contributed by atoms with Crippen molar-refractivity contribution < 1.29 is 5.11 Å². The zero-order valence-corrected chi connectivity index (χ0v) is 12.3. The number of phenolic OH excluding ortho intramolecular Hbond substituents is 1. The van der Waals surface area contributed by atoms with E-state index in [1.54, 1.807) is 0 Å². The minimum absolute atomic E-state index is 0.506. The van der Waals surface area contributed by atoms with Crippen LogP contribution < -0.4 is 0 Å². The van der Waals surface area contributed by atoms with Crippen molar-refractivity contribution >= 4 is 0 Å². The summed E-state index contributed by atoms with van der Waals surface area (Å²) in [6, 6.07) is 6.64. The van der Waals surface area contributed by atoms with Crippen molar-refractivity contribution in [3.05, 3.63) is 29.3 Å². The number of benzene rings is 1.